The average molecular weight is 468 g/mol. The van der Waals surface area contributed by atoms with Crippen molar-refractivity contribution in [2.75, 3.05) is 0 Å². The van der Waals surface area contributed by atoms with E-state index in [1.54, 1.807) is 54.6 Å². The van der Waals surface area contributed by atoms with Crippen molar-refractivity contribution in [3.05, 3.63) is 105 Å². The first kappa shape index (κ1) is 21.8. The minimum atomic E-state index is -0.574. The molecular weight excluding hydrogens is 453 g/mol. The monoisotopic (exact) mass is 467 g/mol. The van der Waals surface area contributed by atoms with Crippen LogP contribution in [0.2, 0.25) is 5.02 Å². The smallest absolute Gasteiger partial charge is 0.343 e. The van der Waals surface area contributed by atoms with Crippen molar-refractivity contribution in [3.63, 3.8) is 0 Å². The van der Waals surface area contributed by atoms with E-state index in [1.807, 2.05) is 0 Å². The van der Waals surface area contributed by atoms with Crippen LogP contribution in [0.1, 0.15) is 21.5 Å². The van der Waals surface area contributed by atoms with E-state index in [-0.39, 0.29) is 22.8 Å². The van der Waals surface area contributed by atoms with Crippen LogP contribution in [-0.2, 0) is 11.3 Å². The largest absolute Gasteiger partial charge is 0.423 e. The summed E-state index contributed by atoms with van der Waals surface area (Å²) in [5.74, 6) is -1.29. The number of rotatable bonds is 5. The molecule has 1 heterocycles. The van der Waals surface area contributed by atoms with Gasteiger partial charge < -0.3 is 4.74 Å². The molecule has 0 atom stereocenters. The molecule has 32 heavy (non-hydrogen) atoms. The van der Waals surface area contributed by atoms with E-state index in [9.17, 15) is 18.8 Å². The van der Waals surface area contributed by atoms with Crippen molar-refractivity contribution in [2.45, 2.75) is 6.54 Å². The predicted octanol–water partition coefficient (Wildman–Crippen LogP) is 5.93. The van der Waals surface area contributed by atoms with Crippen molar-refractivity contribution >= 4 is 46.6 Å². The van der Waals surface area contributed by atoms with E-state index in [4.69, 9.17) is 16.3 Å². The molecule has 0 aromatic heterocycles. The van der Waals surface area contributed by atoms with Gasteiger partial charge in [0.25, 0.3) is 11.1 Å². The second kappa shape index (κ2) is 9.38. The van der Waals surface area contributed by atoms with Gasteiger partial charge >= 0.3 is 5.97 Å². The standard InChI is InChI=1S/C24H15ClFNO4S/c25-18-8-4-7-16(13-18)23(29)31-19-9-3-5-15(11-19)12-21-22(28)27(24(30)32-21)14-17-6-1-2-10-20(17)26/h1-13H,14H2/b21-12-. The molecule has 3 aromatic carbocycles. The lowest BCUT2D eigenvalue weighted by molar-refractivity contribution is -0.123. The number of carbonyl (C=O) groups is 3. The quantitative estimate of drug-likeness (QED) is 0.264. The molecule has 0 radical (unpaired) electrons. The molecule has 4 rings (SSSR count). The van der Waals surface area contributed by atoms with Gasteiger partial charge in [0.15, 0.2) is 0 Å². The fraction of sp³-hybridized carbons (Fsp3) is 0.0417. The number of nitrogens with zero attached hydrogens (tertiary/aromatic N) is 1. The molecule has 1 aliphatic rings. The van der Waals surface area contributed by atoms with Gasteiger partial charge in [0.2, 0.25) is 0 Å². The van der Waals surface area contributed by atoms with E-state index in [0.29, 0.717) is 16.1 Å². The summed E-state index contributed by atoms with van der Waals surface area (Å²) in [6.07, 6.45) is 1.53. The number of halogens is 2. The number of thioether (sulfide) groups is 1. The summed E-state index contributed by atoms with van der Waals surface area (Å²) < 4.78 is 19.3. The maximum absolute atomic E-state index is 13.9. The van der Waals surface area contributed by atoms with Crippen LogP contribution >= 0.6 is 23.4 Å². The second-order valence-corrected chi connectivity index (χ2v) is 8.26. The summed E-state index contributed by atoms with van der Waals surface area (Å²) in [6, 6.07) is 18.9. The molecule has 160 valence electrons. The molecule has 8 heteroatoms. The van der Waals surface area contributed by atoms with Crippen LogP contribution < -0.4 is 4.74 Å². The molecule has 2 amide bonds. The van der Waals surface area contributed by atoms with E-state index < -0.39 is 22.9 Å². The summed E-state index contributed by atoms with van der Waals surface area (Å²) in [4.78, 5) is 38.6. The van der Waals surface area contributed by atoms with Crippen LogP contribution in [0, 0.1) is 5.82 Å². The van der Waals surface area contributed by atoms with E-state index in [0.717, 1.165) is 16.7 Å². The van der Waals surface area contributed by atoms with Crippen molar-refractivity contribution in [1.82, 2.24) is 4.90 Å². The summed E-state index contributed by atoms with van der Waals surface area (Å²) >= 11 is 6.68. The third kappa shape index (κ3) is 4.90. The number of amides is 2. The molecule has 0 saturated carbocycles. The number of carbonyl (C=O) groups excluding carboxylic acids is 3. The Morgan fingerprint density at radius 3 is 2.59 bits per heavy atom. The Balaban J connectivity index is 1.50. The van der Waals surface area contributed by atoms with Crippen LogP contribution in [-0.4, -0.2) is 22.0 Å². The van der Waals surface area contributed by atoms with Gasteiger partial charge in [-0.3, -0.25) is 14.5 Å². The lowest BCUT2D eigenvalue weighted by atomic mass is 10.2. The van der Waals surface area contributed by atoms with Crippen LogP contribution in [0.15, 0.2) is 77.7 Å². The highest BCUT2D eigenvalue weighted by Gasteiger charge is 2.35. The fourth-order valence-electron chi connectivity index (χ4n) is 3.03. The summed E-state index contributed by atoms with van der Waals surface area (Å²) in [5, 5.41) is -0.0626. The maximum Gasteiger partial charge on any atom is 0.343 e. The van der Waals surface area contributed by atoms with Crippen LogP contribution in [0.5, 0.6) is 5.75 Å². The van der Waals surface area contributed by atoms with Crippen LogP contribution in [0.4, 0.5) is 9.18 Å². The minimum Gasteiger partial charge on any atom is -0.423 e. The normalized spacial score (nSPS) is 14.8. The zero-order valence-electron chi connectivity index (χ0n) is 16.5. The van der Waals surface area contributed by atoms with E-state index in [2.05, 4.69) is 0 Å². The third-order valence-electron chi connectivity index (χ3n) is 4.59. The lowest BCUT2D eigenvalue weighted by Crippen LogP contribution is -2.27. The molecule has 0 spiro atoms. The Morgan fingerprint density at radius 2 is 1.81 bits per heavy atom. The van der Waals surface area contributed by atoms with E-state index >= 15 is 0 Å². The minimum absolute atomic E-state index is 0.147. The Kier molecular flexibility index (Phi) is 6.39. The third-order valence-corrected chi connectivity index (χ3v) is 5.73. The Morgan fingerprint density at radius 1 is 1.03 bits per heavy atom. The van der Waals surface area contributed by atoms with Gasteiger partial charge in [0.05, 0.1) is 17.0 Å². The van der Waals surface area contributed by atoms with Gasteiger partial charge in [-0.05, 0) is 59.8 Å². The highest BCUT2D eigenvalue weighted by molar-refractivity contribution is 8.18. The maximum atomic E-state index is 13.9. The summed E-state index contributed by atoms with van der Waals surface area (Å²) in [6.45, 7) is -0.147. The number of hydrogen-bond acceptors (Lipinski definition) is 5. The Labute approximate surface area is 192 Å². The number of benzene rings is 3. The molecule has 5 nitrogen and oxygen atoms in total. The molecule has 1 saturated heterocycles. The molecule has 0 aliphatic carbocycles. The molecular formula is C24H15ClFNO4S. The first-order valence-corrected chi connectivity index (χ1v) is 10.7. The average Bonchev–Trinajstić information content (AvgIpc) is 3.03. The highest BCUT2D eigenvalue weighted by atomic mass is 35.5. The van der Waals surface area contributed by atoms with Gasteiger partial charge in [-0.15, -0.1) is 0 Å². The lowest BCUT2D eigenvalue weighted by Gasteiger charge is -2.12. The van der Waals surface area contributed by atoms with Crippen LogP contribution in [0.25, 0.3) is 6.08 Å². The molecule has 0 unspecified atom stereocenters. The molecule has 1 aliphatic heterocycles. The Bertz CT molecular complexity index is 1260. The zero-order valence-corrected chi connectivity index (χ0v) is 18.0. The predicted molar refractivity (Wildman–Crippen MR) is 121 cm³/mol. The van der Waals surface area contributed by atoms with Gasteiger partial charge in [0, 0.05) is 10.6 Å². The fourth-order valence-corrected chi connectivity index (χ4v) is 4.06. The van der Waals surface area contributed by atoms with E-state index in [1.165, 1.54) is 24.3 Å². The van der Waals surface area contributed by atoms with Crippen LogP contribution in [0.3, 0.4) is 0 Å². The number of esters is 1. The topological polar surface area (TPSA) is 63.7 Å². The number of imide groups is 1. The molecule has 0 N–H and O–H groups in total. The van der Waals surface area contributed by atoms with Gasteiger partial charge in [-0.1, -0.05) is 48.0 Å². The molecule has 0 bridgehead atoms. The van der Waals surface area contributed by atoms with Crippen molar-refractivity contribution < 1.29 is 23.5 Å². The molecule has 1 fully saturated rings. The summed E-state index contributed by atoms with van der Waals surface area (Å²) in [7, 11) is 0. The Hall–Kier alpha value is -3.42. The first-order valence-electron chi connectivity index (χ1n) is 9.47. The number of ether oxygens (including phenoxy) is 1. The van der Waals surface area contributed by atoms with Gasteiger partial charge in [-0.25, -0.2) is 9.18 Å². The highest BCUT2D eigenvalue weighted by Crippen LogP contribution is 2.34. The second-order valence-electron chi connectivity index (χ2n) is 6.83. The SMILES string of the molecule is O=C(Oc1cccc(/C=C2\SC(=O)N(Cc3ccccc3F)C2=O)c1)c1cccc(Cl)c1. The number of hydrogen-bond donors (Lipinski definition) is 0. The van der Waals surface area contributed by atoms with Crippen molar-refractivity contribution in [2.24, 2.45) is 0 Å². The van der Waals surface area contributed by atoms with Gasteiger partial charge in [-0.2, -0.15) is 0 Å². The van der Waals surface area contributed by atoms with Crippen molar-refractivity contribution in [1.29, 1.82) is 0 Å². The van der Waals surface area contributed by atoms with Crippen molar-refractivity contribution in [3.8, 4) is 5.75 Å². The zero-order chi connectivity index (χ0) is 22.7. The molecule has 3 aromatic rings. The van der Waals surface area contributed by atoms with Gasteiger partial charge in [0.1, 0.15) is 11.6 Å². The first-order chi connectivity index (χ1) is 15.4. The summed E-state index contributed by atoms with van der Waals surface area (Å²) in [5.41, 5.74) is 1.13.